The summed E-state index contributed by atoms with van der Waals surface area (Å²) < 4.78 is 14.7. The molecular formula is C33H48FNO3. The van der Waals surface area contributed by atoms with E-state index in [4.69, 9.17) is 0 Å². The summed E-state index contributed by atoms with van der Waals surface area (Å²) in [6.07, 6.45) is 10.1. The number of benzene rings is 1. The molecule has 0 radical (unpaired) electrons. The van der Waals surface area contributed by atoms with Gasteiger partial charge in [0.15, 0.2) is 0 Å². The van der Waals surface area contributed by atoms with Crippen LogP contribution < -0.4 is 4.90 Å². The number of carbonyl (C=O) groups excluding carboxylic acids is 1. The van der Waals surface area contributed by atoms with Crippen molar-refractivity contribution in [2.45, 2.75) is 111 Å². The number of rotatable bonds is 4. The summed E-state index contributed by atoms with van der Waals surface area (Å²) in [4.78, 5) is 15.0. The Bertz CT molecular complexity index is 1090. The third kappa shape index (κ3) is 3.92. The van der Waals surface area contributed by atoms with Gasteiger partial charge in [-0.3, -0.25) is 4.79 Å². The highest BCUT2D eigenvalue weighted by atomic mass is 19.1. The largest absolute Gasteiger partial charge is 0.393 e. The SMILES string of the molecule is Cc1ccc(F)c2c1CCN2C(=O)CC[C@@H](C)[C@H]1CC[C@H]2[C@@H]3CC[C@@H]4C[C@H](O)CC[C@]4(C)[C@H]3C[C@H](O)[C@]12C. The normalized spacial score (nSPS) is 42.7. The first-order valence-corrected chi connectivity index (χ1v) is 15.5. The van der Waals surface area contributed by atoms with E-state index in [1.807, 2.05) is 13.0 Å². The Hall–Kier alpha value is -1.46. The monoisotopic (exact) mass is 525 g/mol. The molecule has 1 aromatic rings. The van der Waals surface area contributed by atoms with Gasteiger partial charge in [-0.1, -0.05) is 26.8 Å². The Morgan fingerprint density at radius 3 is 2.68 bits per heavy atom. The molecule has 6 rings (SSSR count). The Kier molecular flexibility index (Phi) is 6.74. The van der Waals surface area contributed by atoms with Crippen LogP contribution in [0.3, 0.4) is 0 Å². The summed E-state index contributed by atoms with van der Waals surface area (Å²) in [5.74, 6) is 2.89. The number of amides is 1. The molecule has 5 heteroatoms. The lowest BCUT2D eigenvalue weighted by Crippen LogP contribution is -2.58. The molecule has 4 saturated carbocycles. The number of aryl methyl sites for hydroxylation is 1. The first-order chi connectivity index (χ1) is 18.1. The summed E-state index contributed by atoms with van der Waals surface area (Å²) in [6.45, 7) is 9.69. The average molecular weight is 526 g/mol. The van der Waals surface area contributed by atoms with E-state index in [-0.39, 0.29) is 34.8 Å². The van der Waals surface area contributed by atoms with Crippen LogP contribution in [0.15, 0.2) is 12.1 Å². The molecule has 0 spiro atoms. The maximum atomic E-state index is 14.7. The van der Waals surface area contributed by atoms with Gasteiger partial charge in [0.05, 0.1) is 17.9 Å². The second kappa shape index (κ2) is 9.58. The van der Waals surface area contributed by atoms with Crippen LogP contribution in [0.5, 0.6) is 0 Å². The van der Waals surface area contributed by atoms with E-state index in [1.165, 1.54) is 25.3 Å². The van der Waals surface area contributed by atoms with Crippen molar-refractivity contribution in [1.29, 1.82) is 0 Å². The number of nitrogens with zero attached hydrogens (tertiary/aromatic N) is 1. The molecule has 4 aliphatic carbocycles. The minimum Gasteiger partial charge on any atom is -0.393 e. The smallest absolute Gasteiger partial charge is 0.227 e. The summed E-state index contributed by atoms with van der Waals surface area (Å²) >= 11 is 0. The maximum Gasteiger partial charge on any atom is 0.227 e. The van der Waals surface area contributed by atoms with Crippen molar-refractivity contribution in [2.24, 2.45) is 46.3 Å². The number of fused-ring (bicyclic) bond motifs is 6. The number of aliphatic hydroxyl groups excluding tert-OH is 2. The lowest BCUT2D eigenvalue weighted by atomic mass is 9.43. The van der Waals surface area contributed by atoms with Crippen LogP contribution in [-0.4, -0.2) is 34.9 Å². The highest BCUT2D eigenvalue weighted by molar-refractivity contribution is 5.95. The number of hydrogen-bond acceptors (Lipinski definition) is 3. The minimum absolute atomic E-state index is 0.0368. The molecule has 210 valence electrons. The van der Waals surface area contributed by atoms with Gasteiger partial charge in [0.25, 0.3) is 0 Å². The highest BCUT2D eigenvalue weighted by Crippen LogP contribution is 2.68. The molecule has 2 N–H and O–H groups in total. The van der Waals surface area contributed by atoms with Crippen LogP contribution in [0, 0.1) is 59.1 Å². The van der Waals surface area contributed by atoms with Crippen molar-refractivity contribution >= 4 is 11.6 Å². The number of halogens is 1. The fourth-order valence-corrected chi connectivity index (χ4v) is 10.7. The first kappa shape index (κ1) is 26.7. The molecule has 1 heterocycles. The molecular weight excluding hydrogens is 477 g/mol. The quantitative estimate of drug-likeness (QED) is 0.476. The summed E-state index contributed by atoms with van der Waals surface area (Å²) in [5, 5.41) is 22.1. The van der Waals surface area contributed by atoms with Gasteiger partial charge in [-0.2, -0.15) is 0 Å². The number of aliphatic hydroxyl groups is 2. The van der Waals surface area contributed by atoms with Gasteiger partial charge in [0.1, 0.15) is 5.82 Å². The lowest BCUT2D eigenvalue weighted by Gasteiger charge is -2.62. The third-order valence-electron chi connectivity index (χ3n) is 12.9. The molecule has 1 aromatic carbocycles. The summed E-state index contributed by atoms with van der Waals surface area (Å²) in [6, 6.07) is 3.30. The van der Waals surface area contributed by atoms with Crippen LogP contribution >= 0.6 is 0 Å². The van der Waals surface area contributed by atoms with E-state index in [9.17, 15) is 19.4 Å². The molecule has 1 aliphatic heterocycles. The molecule has 0 aromatic heterocycles. The van der Waals surface area contributed by atoms with Crippen molar-refractivity contribution in [3.8, 4) is 0 Å². The Morgan fingerprint density at radius 2 is 1.89 bits per heavy atom. The Labute approximate surface area is 228 Å². The predicted molar refractivity (Wildman–Crippen MR) is 148 cm³/mol. The van der Waals surface area contributed by atoms with E-state index in [2.05, 4.69) is 20.8 Å². The number of anilines is 1. The zero-order chi connectivity index (χ0) is 27.0. The van der Waals surface area contributed by atoms with Crippen molar-refractivity contribution < 1.29 is 19.4 Å². The van der Waals surface area contributed by atoms with Gasteiger partial charge in [-0.25, -0.2) is 4.39 Å². The molecule has 5 aliphatic rings. The first-order valence-electron chi connectivity index (χ1n) is 15.5. The van der Waals surface area contributed by atoms with E-state index in [0.717, 1.165) is 56.1 Å². The van der Waals surface area contributed by atoms with E-state index in [1.54, 1.807) is 4.90 Å². The van der Waals surface area contributed by atoms with Gasteiger partial charge >= 0.3 is 0 Å². The molecule has 0 unspecified atom stereocenters. The van der Waals surface area contributed by atoms with Crippen molar-refractivity contribution in [3.05, 3.63) is 29.1 Å². The van der Waals surface area contributed by atoms with Crippen LogP contribution in [0.25, 0.3) is 0 Å². The van der Waals surface area contributed by atoms with Crippen molar-refractivity contribution in [2.75, 3.05) is 11.4 Å². The highest BCUT2D eigenvalue weighted by Gasteiger charge is 2.63. The molecule has 1 amide bonds. The zero-order valence-corrected chi connectivity index (χ0v) is 23.9. The van der Waals surface area contributed by atoms with Crippen molar-refractivity contribution in [3.63, 3.8) is 0 Å². The van der Waals surface area contributed by atoms with Crippen LogP contribution in [0.2, 0.25) is 0 Å². The number of carbonyl (C=O) groups is 1. The van der Waals surface area contributed by atoms with Crippen LogP contribution in [0.4, 0.5) is 10.1 Å². The van der Waals surface area contributed by atoms with E-state index in [0.29, 0.717) is 54.2 Å². The molecule has 0 saturated heterocycles. The van der Waals surface area contributed by atoms with Gasteiger partial charge in [-0.05, 0) is 135 Å². The molecule has 4 fully saturated rings. The fraction of sp³-hybridized carbons (Fsp3) is 0.788. The standard InChI is InChI=1S/C33H48FNO3/c1-19-5-11-28(34)31-23(19)14-16-35(31)30(38)12-6-20(2)25-9-10-26-24-8-7-21-17-22(36)13-15-32(21,3)27(24)18-29(37)33(25,26)4/h5,11,20-22,24-27,29,36-37H,6-10,12-18H2,1-4H3/t20-,21-,22-,24+,25-,26+,27+,29+,32+,33-/m1/s1. The summed E-state index contributed by atoms with van der Waals surface area (Å²) in [5.41, 5.74) is 2.70. The molecule has 10 atom stereocenters. The van der Waals surface area contributed by atoms with Gasteiger partial charge < -0.3 is 15.1 Å². The van der Waals surface area contributed by atoms with E-state index < -0.39 is 0 Å². The predicted octanol–water partition coefficient (Wildman–Crippen LogP) is 6.43. The second-order valence-corrected chi connectivity index (χ2v) is 14.4. The second-order valence-electron chi connectivity index (χ2n) is 14.4. The third-order valence-corrected chi connectivity index (χ3v) is 12.9. The topological polar surface area (TPSA) is 60.8 Å². The van der Waals surface area contributed by atoms with Crippen LogP contribution in [0.1, 0.15) is 96.1 Å². The van der Waals surface area contributed by atoms with Gasteiger partial charge in [0.2, 0.25) is 5.91 Å². The van der Waals surface area contributed by atoms with Crippen LogP contribution in [-0.2, 0) is 11.2 Å². The van der Waals surface area contributed by atoms with Crippen molar-refractivity contribution in [1.82, 2.24) is 0 Å². The van der Waals surface area contributed by atoms with E-state index >= 15 is 0 Å². The van der Waals surface area contributed by atoms with Gasteiger partial charge in [-0.15, -0.1) is 0 Å². The Morgan fingerprint density at radius 1 is 1.11 bits per heavy atom. The molecule has 4 nitrogen and oxygen atoms in total. The fourth-order valence-electron chi connectivity index (χ4n) is 10.7. The zero-order valence-electron chi connectivity index (χ0n) is 23.9. The lowest BCUT2D eigenvalue weighted by molar-refractivity contribution is -0.174. The number of hydrogen-bond donors (Lipinski definition) is 2. The summed E-state index contributed by atoms with van der Waals surface area (Å²) in [7, 11) is 0. The molecule has 0 bridgehead atoms. The minimum atomic E-state index is -0.302. The molecule has 38 heavy (non-hydrogen) atoms. The van der Waals surface area contributed by atoms with Gasteiger partial charge in [0, 0.05) is 13.0 Å². The Balaban J connectivity index is 1.14. The average Bonchev–Trinajstić information content (AvgIpc) is 3.49. The maximum absolute atomic E-state index is 14.7.